The molecule has 0 unspecified atom stereocenters. The van der Waals surface area contributed by atoms with Gasteiger partial charge in [-0.05, 0) is 49.2 Å². The lowest BCUT2D eigenvalue weighted by Crippen LogP contribution is -1.83. The van der Waals surface area contributed by atoms with Crippen molar-refractivity contribution >= 4 is 23.2 Å². The Balaban J connectivity index is -0.000000162. The fourth-order valence-electron chi connectivity index (χ4n) is 1.53. The second-order valence-electron chi connectivity index (χ2n) is 6.40. The van der Waals surface area contributed by atoms with Gasteiger partial charge < -0.3 is 9.47 Å². The molecule has 0 aliphatic rings. The van der Waals surface area contributed by atoms with Crippen LogP contribution in [0.1, 0.15) is 71.9 Å². The molecule has 0 atom stereocenters. The van der Waals surface area contributed by atoms with E-state index in [9.17, 15) is 0 Å². The summed E-state index contributed by atoms with van der Waals surface area (Å²) in [4.78, 5) is 0. The van der Waals surface area contributed by atoms with Crippen LogP contribution in [0.5, 0.6) is 11.5 Å². The molecule has 0 amide bonds. The monoisotopic (exact) mass is 472 g/mol. The van der Waals surface area contributed by atoms with Crippen molar-refractivity contribution in [2.24, 2.45) is 0 Å². The zero-order valence-corrected chi connectivity index (χ0v) is 23.1. The second-order valence-corrected chi connectivity index (χ2v) is 7.21. The Hall–Kier alpha value is -1.64. The quantitative estimate of drug-likeness (QED) is 0.404. The summed E-state index contributed by atoms with van der Waals surface area (Å²) >= 11 is 11.5. The van der Waals surface area contributed by atoms with Gasteiger partial charge in [-0.3, -0.25) is 0 Å². The van der Waals surface area contributed by atoms with Crippen LogP contribution in [0.25, 0.3) is 0 Å². The van der Waals surface area contributed by atoms with Crippen LogP contribution in [0.4, 0.5) is 0 Å². The Kier molecular flexibility index (Phi) is 33.6. The first-order chi connectivity index (χ1) is 14.7. The molecule has 0 saturated carbocycles. The lowest BCUT2D eigenvalue weighted by atomic mass is 10.2. The SMILES string of the molecule is C=C.CCC.CCC.CCC.COc1cc(C)ccc1Cl.COc1cc(C)ccc1Cl. The van der Waals surface area contributed by atoms with Crippen molar-refractivity contribution in [3.63, 3.8) is 0 Å². The summed E-state index contributed by atoms with van der Waals surface area (Å²) in [6.07, 6.45) is 3.75. The second kappa shape index (κ2) is 28.4. The number of ether oxygens (including phenoxy) is 2. The molecule has 2 nitrogen and oxygen atoms in total. The van der Waals surface area contributed by atoms with E-state index in [1.165, 1.54) is 19.3 Å². The van der Waals surface area contributed by atoms with E-state index in [1.807, 2.05) is 50.2 Å². The van der Waals surface area contributed by atoms with Crippen LogP contribution < -0.4 is 9.47 Å². The van der Waals surface area contributed by atoms with E-state index in [1.54, 1.807) is 14.2 Å². The fourth-order valence-corrected chi connectivity index (χ4v) is 1.92. The van der Waals surface area contributed by atoms with Gasteiger partial charge in [0, 0.05) is 0 Å². The van der Waals surface area contributed by atoms with Gasteiger partial charge in [0.25, 0.3) is 0 Å². The molecule has 0 radical (unpaired) electrons. The number of methoxy groups -OCH3 is 2. The Bertz CT molecular complexity index is 572. The van der Waals surface area contributed by atoms with Crippen LogP contribution in [0, 0.1) is 13.8 Å². The number of hydrogen-bond donors (Lipinski definition) is 0. The average Bonchev–Trinajstić information content (AvgIpc) is 2.75. The minimum Gasteiger partial charge on any atom is -0.495 e. The van der Waals surface area contributed by atoms with Crippen molar-refractivity contribution < 1.29 is 9.47 Å². The molecular weight excluding hydrogens is 427 g/mol. The Morgan fingerprint density at radius 3 is 1.00 bits per heavy atom. The van der Waals surface area contributed by atoms with Gasteiger partial charge in [-0.1, -0.05) is 96.1 Å². The standard InChI is InChI=1S/2C8H9ClO.3C3H8.C2H4/c2*1-6-3-4-7(9)8(5-6)10-2;3*1-3-2;1-2/h2*3-5H,1-2H3;3*3H2,1-2H3;1-2H2. The minimum absolute atomic E-state index is 0.660. The molecular formula is C27H46Cl2O2. The van der Waals surface area contributed by atoms with Gasteiger partial charge >= 0.3 is 0 Å². The van der Waals surface area contributed by atoms with Gasteiger partial charge in [-0.15, -0.1) is 13.2 Å². The lowest BCUT2D eigenvalue weighted by molar-refractivity contribution is 0.414. The Labute approximate surface area is 203 Å². The van der Waals surface area contributed by atoms with Gasteiger partial charge in [0.15, 0.2) is 0 Å². The van der Waals surface area contributed by atoms with E-state index >= 15 is 0 Å². The highest BCUT2D eigenvalue weighted by Crippen LogP contribution is 2.24. The van der Waals surface area contributed by atoms with Crippen molar-refractivity contribution in [3.8, 4) is 11.5 Å². The van der Waals surface area contributed by atoms with Crippen molar-refractivity contribution in [2.75, 3.05) is 14.2 Å². The maximum Gasteiger partial charge on any atom is 0.137 e. The Morgan fingerprint density at radius 1 is 0.613 bits per heavy atom. The first-order valence-corrected chi connectivity index (χ1v) is 11.6. The molecule has 4 heteroatoms. The topological polar surface area (TPSA) is 18.5 Å². The summed E-state index contributed by atoms with van der Waals surface area (Å²) in [6.45, 7) is 22.7. The maximum atomic E-state index is 5.77. The van der Waals surface area contributed by atoms with Crippen LogP contribution in [0.2, 0.25) is 10.0 Å². The van der Waals surface area contributed by atoms with E-state index in [0.29, 0.717) is 10.0 Å². The first-order valence-electron chi connectivity index (χ1n) is 10.8. The lowest BCUT2D eigenvalue weighted by Gasteiger charge is -2.01. The van der Waals surface area contributed by atoms with E-state index in [-0.39, 0.29) is 0 Å². The van der Waals surface area contributed by atoms with E-state index in [4.69, 9.17) is 32.7 Å². The highest BCUT2D eigenvalue weighted by molar-refractivity contribution is 6.32. The number of hydrogen-bond acceptors (Lipinski definition) is 2. The molecule has 0 fully saturated rings. The molecule has 0 N–H and O–H groups in total. The molecule has 0 aliphatic carbocycles. The molecule has 31 heavy (non-hydrogen) atoms. The molecule has 0 bridgehead atoms. The fraction of sp³-hybridized carbons (Fsp3) is 0.481. The third-order valence-electron chi connectivity index (χ3n) is 2.61. The summed E-state index contributed by atoms with van der Waals surface area (Å²) in [5.74, 6) is 1.48. The third kappa shape index (κ3) is 24.5. The first kappa shape index (κ1) is 36.7. The van der Waals surface area contributed by atoms with Gasteiger partial charge in [0.05, 0.1) is 24.3 Å². The predicted octanol–water partition coefficient (Wildman–Crippen LogP) is 10.4. The number of benzene rings is 2. The highest BCUT2D eigenvalue weighted by atomic mass is 35.5. The van der Waals surface area contributed by atoms with Gasteiger partial charge in [-0.25, -0.2) is 0 Å². The van der Waals surface area contributed by atoms with Gasteiger partial charge in [0.1, 0.15) is 11.5 Å². The Morgan fingerprint density at radius 2 is 0.839 bits per heavy atom. The molecule has 0 saturated heterocycles. The molecule has 0 aromatic heterocycles. The van der Waals surface area contributed by atoms with Crippen LogP contribution in [-0.2, 0) is 0 Å². The van der Waals surface area contributed by atoms with Crippen LogP contribution in [0.15, 0.2) is 49.6 Å². The van der Waals surface area contributed by atoms with E-state index in [0.717, 1.165) is 22.6 Å². The van der Waals surface area contributed by atoms with Crippen LogP contribution in [-0.4, -0.2) is 14.2 Å². The summed E-state index contributed by atoms with van der Waals surface area (Å²) in [7, 11) is 3.22. The van der Waals surface area contributed by atoms with E-state index in [2.05, 4.69) is 54.7 Å². The van der Waals surface area contributed by atoms with Crippen molar-refractivity contribution in [1.29, 1.82) is 0 Å². The zero-order valence-electron chi connectivity index (χ0n) is 21.6. The van der Waals surface area contributed by atoms with Crippen LogP contribution in [0.3, 0.4) is 0 Å². The van der Waals surface area contributed by atoms with Crippen molar-refractivity contribution in [2.45, 2.75) is 74.7 Å². The molecule has 0 heterocycles. The smallest absolute Gasteiger partial charge is 0.137 e. The van der Waals surface area contributed by atoms with E-state index < -0.39 is 0 Å². The van der Waals surface area contributed by atoms with Crippen molar-refractivity contribution in [3.05, 3.63) is 70.7 Å². The van der Waals surface area contributed by atoms with Crippen LogP contribution >= 0.6 is 23.2 Å². The number of aryl methyl sites for hydroxylation is 2. The normalized spacial score (nSPS) is 8.00. The minimum atomic E-state index is 0.660. The van der Waals surface area contributed by atoms with Crippen molar-refractivity contribution in [1.82, 2.24) is 0 Å². The summed E-state index contributed by atoms with van der Waals surface area (Å²) < 4.78 is 9.99. The largest absolute Gasteiger partial charge is 0.495 e. The molecule has 2 rings (SSSR count). The third-order valence-corrected chi connectivity index (χ3v) is 3.24. The summed E-state index contributed by atoms with van der Waals surface area (Å²) in [5.41, 5.74) is 2.31. The molecule has 0 spiro atoms. The summed E-state index contributed by atoms with van der Waals surface area (Å²) in [5, 5.41) is 1.32. The number of rotatable bonds is 2. The molecule has 180 valence electrons. The summed E-state index contributed by atoms with van der Waals surface area (Å²) in [6, 6.07) is 11.4. The maximum absolute atomic E-state index is 5.77. The number of halogens is 2. The molecule has 2 aromatic rings. The highest BCUT2D eigenvalue weighted by Gasteiger charge is 1.98. The zero-order chi connectivity index (χ0) is 25.2. The average molecular weight is 474 g/mol. The molecule has 2 aromatic carbocycles. The predicted molar refractivity (Wildman–Crippen MR) is 145 cm³/mol. The molecule has 0 aliphatic heterocycles. The van der Waals surface area contributed by atoms with Gasteiger partial charge in [0.2, 0.25) is 0 Å². The van der Waals surface area contributed by atoms with Gasteiger partial charge in [-0.2, -0.15) is 0 Å².